The monoisotopic (exact) mass is 349 g/mol. The van der Waals surface area contributed by atoms with Crippen LogP contribution in [0.2, 0.25) is 0 Å². The number of nitrogens with one attached hydrogen (secondary N) is 1. The zero-order valence-electron chi connectivity index (χ0n) is 10.7. The Kier molecular flexibility index (Phi) is 4.42. The number of carbonyl (C=O) groups is 1. The molecule has 0 amide bonds. The number of hydrogen-bond acceptors (Lipinski definition) is 5. The van der Waals surface area contributed by atoms with Crippen LogP contribution in [0, 0.1) is 11.3 Å². The van der Waals surface area contributed by atoms with Gasteiger partial charge in [-0.3, -0.25) is 4.79 Å². The first-order chi connectivity index (χ1) is 9.54. The summed E-state index contributed by atoms with van der Waals surface area (Å²) in [4.78, 5) is 11.9. The molecule has 0 aliphatic rings. The fraction of sp³-hybridized carbons (Fsp3) is 0.143. The van der Waals surface area contributed by atoms with E-state index in [1.807, 2.05) is 30.3 Å². The van der Waals surface area contributed by atoms with Gasteiger partial charge >= 0.3 is 0 Å². The second-order valence-electron chi connectivity index (χ2n) is 4.16. The molecule has 0 aliphatic carbocycles. The average molecular weight is 350 g/mol. The third-order valence-electron chi connectivity index (χ3n) is 2.77. The van der Waals surface area contributed by atoms with Crippen LogP contribution in [0.1, 0.15) is 27.7 Å². The van der Waals surface area contributed by atoms with Gasteiger partial charge in [0.25, 0.3) is 0 Å². The van der Waals surface area contributed by atoms with Crippen LogP contribution in [0.5, 0.6) is 0 Å². The molecule has 0 unspecified atom stereocenters. The molecule has 0 fully saturated rings. The summed E-state index contributed by atoms with van der Waals surface area (Å²) in [5.74, 6) is -0.127. The third kappa shape index (κ3) is 2.84. The largest absolute Gasteiger partial charge is 0.396 e. The number of Topliss-reactive ketones (excluding diaryl/α,β-unsaturated/α-hetero) is 1. The van der Waals surface area contributed by atoms with E-state index in [1.165, 1.54) is 18.3 Å². The van der Waals surface area contributed by atoms with E-state index >= 15 is 0 Å². The molecule has 20 heavy (non-hydrogen) atoms. The van der Waals surface area contributed by atoms with Crippen LogP contribution in [0.3, 0.4) is 0 Å². The quantitative estimate of drug-likeness (QED) is 0.823. The van der Waals surface area contributed by atoms with Crippen molar-refractivity contribution in [3.05, 3.63) is 44.7 Å². The molecule has 3 N–H and O–H groups in total. The number of halogens is 1. The zero-order chi connectivity index (χ0) is 14.7. The van der Waals surface area contributed by atoms with E-state index in [9.17, 15) is 4.79 Å². The Morgan fingerprint density at radius 2 is 2.20 bits per heavy atom. The summed E-state index contributed by atoms with van der Waals surface area (Å²) in [6, 6.07) is 9.85. The number of thiophene rings is 1. The number of nitrogen functional groups attached to an aromatic ring is 1. The minimum absolute atomic E-state index is 0.127. The van der Waals surface area contributed by atoms with E-state index in [0.29, 0.717) is 22.0 Å². The van der Waals surface area contributed by atoms with Crippen LogP contribution in [0.4, 0.5) is 10.7 Å². The lowest BCUT2D eigenvalue weighted by atomic mass is 10.2. The zero-order valence-corrected chi connectivity index (χ0v) is 13.1. The highest BCUT2D eigenvalue weighted by Crippen LogP contribution is 2.35. The standard InChI is InChI=1S/C14H12BrN3OS/c1-8(19)13-12(17)10(6-16)14(20-13)18-7-9-4-2-3-5-11(9)15/h2-5,18H,7,17H2,1H3. The topological polar surface area (TPSA) is 78.9 Å². The molecule has 1 aromatic carbocycles. The summed E-state index contributed by atoms with van der Waals surface area (Å²) < 4.78 is 0.988. The van der Waals surface area contributed by atoms with Gasteiger partial charge < -0.3 is 11.1 Å². The van der Waals surface area contributed by atoms with Gasteiger partial charge in [-0.1, -0.05) is 34.1 Å². The van der Waals surface area contributed by atoms with Gasteiger partial charge in [-0.15, -0.1) is 11.3 Å². The molecule has 2 aromatic rings. The molecule has 0 saturated heterocycles. The van der Waals surface area contributed by atoms with E-state index in [-0.39, 0.29) is 11.5 Å². The van der Waals surface area contributed by atoms with Gasteiger partial charge in [-0.25, -0.2) is 0 Å². The maximum Gasteiger partial charge on any atom is 0.171 e. The number of nitrogens with zero attached hydrogens (tertiary/aromatic N) is 1. The van der Waals surface area contributed by atoms with Gasteiger partial charge in [-0.05, 0) is 11.6 Å². The smallest absolute Gasteiger partial charge is 0.171 e. The normalized spacial score (nSPS) is 10.1. The fourth-order valence-electron chi connectivity index (χ4n) is 1.76. The van der Waals surface area contributed by atoms with Gasteiger partial charge in [0, 0.05) is 17.9 Å². The maximum absolute atomic E-state index is 11.5. The summed E-state index contributed by atoms with van der Waals surface area (Å²) in [6.07, 6.45) is 0. The molecule has 102 valence electrons. The minimum atomic E-state index is -0.127. The predicted octanol–water partition coefficient (Wildman–Crippen LogP) is 3.78. The molecule has 1 heterocycles. The highest BCUT2D eigenvalue weighted by Gasteiger charge is 2.18. The maximum atomic E-state index is 11.5. The summed E-state index contributed by atoms with van der Waals surface area (Å²) in [6.45, 7) is 1.99. The fourth-order valence-corrected chi connectivity index (χ4v) is 3.14. The van der Waals surface area contributed by atoms with Crippen LogP contribution in [0.15, 0.2) is 28.7 Å². The van der Waals surface area contributed by atoms with Crippen molar-refractivity contribution in [2.75, 3.05) is 11.1 Å². The Hall–Kier alpha value is -1.84. The van der Waals surface area contributed by atoms with Crippen molar-refractivity contribution in [1.29, 1.82) is 5.26 Å². The van der Waals surface area contributed by atoms with Crippen LogP contribution in [-0.2, 0) is 6.54 Å². The van der Waals surface area contributed by atoms with Crippen molar-refractivity contribution in [1.82, 2.24) is 0 Å². The minimum Gasteiger partial charge on any atom is -0.396 e. The summed E-state index contributed by atoms with van der Waals surface area (Å²) in [7, 11) is 0. The highest BCUT2D eigenvalue weighted by atomic mass is 79.9. The molecular weight excluding hydrogens is 338 g/mol. The summed E-state index contributed by atoms with van der Waals surface area (Å²) in [5.41, 5.74) is 7.50. The number of nitriles is 1. The first-order valence-electron chi connectivity index (χ1n) is 5.85. The van der Waals surface area contributed by atoms with Crippen LogP contribution >= 0.6 is 27.3 Å². The Morgan fingerprint density at radius 3 is 2.80 bits per heavy atom. The number of benzene rings is 1. The van der Waals surface area contributed by atoms with E-state index in [2.05, 4.69) is 21.2 Å². The lowest BCUT2D eigenvalue weighted by Crippen LogP contribution is -2.00. The molecule has 0 atom stereocenters. The van der Waals surface area contributed by atoms with Gasteiger partial charge in [0.15, 0.2) is 5.78 Å². The highest BCUT2D eigenvalue weighted by molar-refractivity contribution is 9.10. The first kappa shape index (κ1) is 14.6. The van der Waals surface area contributed by atoms with E-state index in [1.54, 1.807) is 0 Å². The number of hydrogen-bond donors (Lipinski definition) is 2. The summed E-state index contributed by atoms with van der Waals surface area (Å²) in [5, 5.41) is 13.0. The molecule has 0 aliphatic heterocycles. The van der Waals surface area contributed by atoms with Crippen molar-refractivity contribution in [2.24, 2.45) is 0 Å². The number of rotatable bonds is 4. The Labute approximate surface area is 129 Å². The molecule has 0 bridgehead atoms. The second kappa shape index (κ2) is 6.07. The second-order valence-corrected chi connectivity index (χ2v) is 6.04. The molecule has 6 heteroatoms. The Morgan fingerprint density at radius 1 is 1.50 bits per heavy atom. The van der Waals surface area contributed by atoms with Crippen molar-refractivity contribution >= 4 is 43.7 Å². The average Bonchev–Trinajstić information content (AvgIpc) is 2.74. The van der Waals surface area contributed by atoms with Gasteiger partial charge in [0.1, 0.15) is 16.6 Å². The first-order valence-corrected chi connectivity index (χ1v) is 7.46. The van der Waals surface area contributed by atoms with E-state index in [0.717, 1.165) is 10.0 Å². The third-order valence-corrected chi connectivity index (χ3v) is 4.81. The number of carbonyl (C=O) groups excluding carboxylic acids is 1. The molecule has 0 saturated carbocycles. The Bertz CT molecular complexity index is 703. The number of anilines is 2. The molecular formula is C14H12BrN3OS. The van der Waals surface area contributed by atoms with Crippen molar-refractivity contribution in [2.45, 2.75) is 13.5 Å². The van der Waals surface area contributed by atoms with Gasteiger partial charge in [0.2, 0.25) is 0 Å². The SMILES string of the molecule is CC(=O)c1sc(NCc2ccccc2Br)c(C#N)c1N. The molecule has 4 nitrogen and oxygen atoms in total. The van der Waals surface area contributed by atoms with E-state index < -0.39 is 0 Å². The molecule has 1 aromatic heterocycles. The van der Waals surface area contributed by atoms with Crippen LogP contribution in [0.25, 0.3) is 0 Å². The number of nitrogens with two attached hydrogens (primary N) is 1. The van der Waals surface area contributed by atoms with Crippen molar-refractivity contribution in [3.63, 3.8) is 0 Å². The van der Waals surface area contributed by atoms with Gasteiger partial charge in [-0.2, -0.15) is 5.26 Å². The lowest BCUT2D eigenvalue weighted by Gasteiger charge is -2.06. The lowest BCUT2D eigenvalue weighted by molar-refractivity contribution is 0.102. The van der Waals surface area contributed by atoms with E-state index in [4.69, 9.17) is 11.0 Å². The van der Waals surface area contributed by atoms with Gasteiger partial charge in [0.05, 0.1) is 10.6 Å². The van der Waals surface area contributed by atoms with Crippen LogP contribution in [-0.4, -0.2) is 5.78 Å². The Balaban J connectivity index is 2.27. The predicted molar refractivity (Wildman–Crippen MR) is 84.9 cm³/mol. The van der Waals surface area contributed by atoms with Crippen molar-refractivity contribution < 1.29 is 4.79 Å². The molecule has 0 radical (unpaired) electrons. The number of ketones is 1. The summed E-state index contributed by atoms with van der Waals surface area (Å²) >= 11 is 4.69. The van der Waals surface area contributed by atoms with Crippen molar-refractivity contribution in [3.8, 4) is 6.07 Å². The van der Waals surface area contributed by atoms with Crippen LogP contribution < -0.4 is 11.1 Å². The molecule has 2 rings (SSSR count). The molecule has 0 spiro atoms.